The molecule has 1 heterocycles. The van der Waals surface area contributed by atoms with E-state index in [-0.39, 0.29) is 48.9 Å². The minimum Gasteiger partial charge on any atom is -0.357 e. The van der Waals surface area contributed by atoms with Crippen LogP contribution in [0.4, 0.5) is 13.2 Å². The van der Waals surface area contributed by atoms with Gasteiger partial charge in [-0.3, -0.25) is 9.67 Å². The van der Waals surface area contributed by atoms with Gasteiger partial charge in [0.1, 0.15) is 0 Å². The van der Waals surface area contributed by atoms with Crippen LogP contribution in [-0.4, -0.2) is 60.0 Å². The van der Waals surface area contributed by atoms with Crippen molar-refractivity contribution in [3.63, 3.8) is 0 Å². The molecule has 0 saturated heterocycles. The Balaban J connectivity index is 0.00000392. The number of aromatic nitrogens is 2. The Morgan fingerprint density at radius 3 is 2.64 bits per heavy atom. The zero-order valence-electron chi connectivity index (χ0n) is 17.0. The topological polar surface area (TPSA) is 57.5 Å². The molecule has 0 aliphatic heterocycles. The first-order valence-corrected chi connectivity index (χ1v) is 9.47. The lowest BCUT2D eigenvalue weighted by molar-refractivity contribution is -0.183. The summed E-state index contributed by atoms with van der Waals surface area (Å²) in [5.74, 6) is -0.655. The van der Waals surface area contributed by atoms with Crippen molar-refractivity contribution in [2.75, 3.05) is 27.2 Å². The number of nitrogens with zero attached hydrogens (tertiary/aromatic N) is 4. The summed E-state index contributed by atoms with van der Waals surface area (Å²) < 4.78 is 40.9. The van der Waals surface area contributed by atoms with Crippen molar-refractivity contribution < 1.29 is 13.2 Å². The van der Waals surface area contributed by atoms with E-state index in [1.807, 2.05) is 40.5 Å². The number of hydrogen-bond donors (Lipinski definition) is 2. The number of aliphatic imine (C=N–C) groups is 1. The summed E-state index contributed by atoms with van der Waals surface area (Å²) in [7, 11) is 5.82. The molecule has 0 spiro atoms. The Labute approximate surface area is 182 Å². The van der Waals surface area contributed by atoms with E-state index in [2.05, 4.69) is 25.6 Å². The van der Waals surface area contributed by atoms with E-state index in [1.54, 1.807) is 4.68 Å². The van der Waals surface area contributed by atoms with Crippen LogP contribution >= 0.6 is 24.0 Å². The van der Waals surface area contributed by atoms with E-state index in [9.17, 15) is 13.2 Å². The molecule has 1 aliphatic rings. The minimum atomic E-state index is -4.12. The van der Waals surface area contributed by atoms with Gasteiger partial charge in [-0.2, -0.15) is 18.3 Å². The average Bonchev–Trinajstić information content (AvgIpc) is 3.00. The van der Waals surface area contributed by atoms with Crippen LogP contribution in [0.15, 0.2) is 17.4 Å². The molecule has 1 fully saturated rings. The number of aryl methyl sites for hydroxylation is 1. The fraction of sp³-hybridized carbons (Fsp3) is 0.778. The van der Waals surface area contributed by atoms with Gasteiger partial charge in [0, 0.05) is 31.4 Å². The number of likely N-dealkylation sites (N-methyl/N-ethyl adjacent to an activating group) is 1. The zero-order chi connectivity index (χ0) is 20.0. The molecule has 1 saturated carbocycles. The lowest BCUT2D eigenvalue weighted by Crippen LogP contribution is -2.47. The van der Waals surface area contributed by atoms with Gasteiger partial charge >= 0.3 is 6.18 Å². The van der Waals surface area contributed by atoms with Gasteiger partial charge in [-0.15, -0.1) is 24.0 Å². The molecule has 0 amide bonds. The molecular formula is C18H32F3IN6. The summed E-state index contributed by atoms with van der Waals surface area (Å²) in [5, 5.41) is 10.6. The highest BCUT2D eigenvalue weighted by atomic mass is 127. The Morgan fingerprint density at radius 2 is 2.11 bits per heavy atom. The molecule has 0 bridgehead atoms. The second kappa shape index (κ2) is 11.2. The molecule has 6 nitrogen and oxygen atoms in total. The average molecular weight is 516 g/mol. The molecular weight excluding hydrogens is 484 g/mol. The summed E-state index contributed by atoms with van der Waals surface area (Å²) in [4.78, 5) is 6.70. The number of alkyl halides is 3. The third-order valence-corrected chi connectivity index (χ3v) is 4.98. The summed E-state index contributed by atoms with van der Waals surface area (Å²) in [6, 6.07) is -0.164. The van der Waals surface area contributed by atoms with E-state index >= 15 is 0 Å². The Hall–Kier alpha value is -1.04. The standard InChI is InChI=1S/C18H31F3N6.HI/c1-5-22-17(25-15-8-6-7-14(9-15)18(19,20)21)23-11-16(26(2)3)13-10-24-27(4)12-13;/h10,12,14-16H,5-9,11H2,1-4H3,(H2,22,23,25);1H. The molecule has 3 atom stereocenters. The second-order valence-electron chi connectivity index (χ2n) is 7.39. The van der Waals surface area contributed by atoms with Gasteiger partial charge < -0.3 is 15.5 Å². The second-order valence-corrected chi connectivity index (χ2v) is 7.39. The summed E-state index contributed by atoms with van der Waals surface area (Å²) >= 11 is 0. The Morgan fingerprint density at radius 1 is 1.39 bits per heavy atom. The molecule has 0 aromatic carbocycles. The predicted molar refractivity (Wildman–Crippen MR) is 116 cm³/mol. The van der Waals surface area contributed by atoms with Gasteiger partial charge in [-0.25, -0.2) is 0 Å². The van der Waals surface area contributed by atoms with Gasteiger partial charge in [-0.05, 0) is 40.3 Å². The maximum absolute atomic E-state index is 13.0. The number of nitrogens with one attached hydrogen (secondary N) is 2. The Kier molecular flexibility index (Phi) is 10.0. The summed E-state index contributed by atoms with van der Waals surface area (Å²) in [5.41, 5.74) is 1.05. The fourth-order valence-electron chi connectivity index (χ4n) is 3.49. The smallest absolute Gasteiger partial charge is 0.357 e. The molecule has 1 aromatic heterocycles. The number of guanidine groups is 1. The first-order valence-electron chi connectivity index (χ1n) is 9.47. The van der Waals surface area contributed by atoms with Crippen LogP contribution in [0, 0.1) is 5.92 Å². The van der Waals surface area contributed by atoms with Crippen LogP contribution in [0.25, 0.3) is 0 Å². The molecule has 162 valence electrons. The molecule has 10 heteroatoms. The molecule has 1 aliphatic carbocycles. The van der Waals surface area contributed by atoms with Crippen LogP contribution in [0.5, 0.6) is 0 Å². The monoisotopic (exact) mass is 516 g/mol. The maximum atomic E-state index is 13.0. The summed E-state index contributed by atoms with van der Waals surface area (Å²) in [6.07, 6.45) is 1.29. The SMILES string of the molecule is CCNC(=NCC(c1cnn(C)c1)N(C)C)NC1CCCC(C(F)(F)F)C1.I. The number of hydrogen-bond acceptors (Lipinski definition) is 3. The highest BCUT2D eigenvalue weighted by molar-refractivity contribution is 14.0. The van der Waals surface area contributed by atoms with Crippen LogP contribution in [-0.2, 0) is 7.05 Å². The molecule has 0 radical (unpaired) electrons. The van der Waals surface area contributed by atoms with Crippen LogP contribution in [0.2, 0.25) is 0 Å². The minimum absolute atomic E-state index is 0. The quantitative estimate of drug-likeness (QED) is 0.346. The lowest BCUT2D eigenvalue weighted by Gasteiger charge is -2.32. The normalized spacial score (nSPS) is 21.9. The molecule has 2 rings (SSSR count). The fourth-order valence-corrected chi connectivity index (χ4v) is 3.49. The Bertz CT molecular complexity index is 617. The molecule has 3 unspecified atom stereocenters. The number of halogens is 4. The van der Waals surface area contributed by atoms with Crippen molar-refractivity contribution in [3.8, 4) is 0 Å². The zero-order valence-corrected chi connectivity index (χ0v) is 19.3. The lowest BCUT2D eigenvalue weighted by atomic mass is 9.85. The van der Waals surface area contributed by atoms with Crippen LogP contribution in [0.3, 0.4) is 0 Å². The van der Waals surface area contributed by atoms with E-state index in [1.165, 1.54) is 0 Å². The first kappa shape index (κ1) is 25.0. The number of rotatable bonds is 6. The largest absolute Gasteiger partial charge is 0.391 e. The predicted octanol–water partition coefficient (Wildman–Crippen LogP) is 3.32. The van der Waals surface area contributed by atoms with Crippen molar-refractivity contribution in [1.29, 1.82) is 0 Å². The van der Waals surface area contributed by atoms with Gasteiger partial charge in [0.15, 0.2) is 5.96 Å². The highest BCUT2D eigenvalue weighted by Gasteiger charge is 2.42. The van der Waals surface area contributed by atoms with Crippen molar-refractivity contribution in [3.05, 3.63) is 18.0 Å². The van der Waals surface area contributed by atoms with Crippen molar-refractivity contribution in [2.45, 2.75) is 50.9 Å². The van der Waals surface area contributed by atoms with E-state index < -0.39 is 12.1 Å². The molecule has 28 heavy (non-hydrogen) atoms. The van der Waals surface area contributed by atoms with Crippen molar-refractivity contribution in [1.82, 2.24) is 25.3 Å². The maximum Gasteiger partial charge on any atom is 0.391 e. The summed E-state index contributed by atoms with van der Waals surface area (Å²) in [6.45, 7) is 3.09. The first-order chi connectivity index (χ1) is 12.7. The highest BCUT2D eigenvalue weighted by Crippen LogP contribution is 2.37. The van der Waals surface area contributed by atoms with Gasteiger partial charge in [0.2, 0.25) is 0 Å². The van der Waals surface area contributed by atoms with E-state index in [0.717, 1.165) is 12.0 Å². The third kappa shape index (κ3) is 7.41. The van der Waals surface area contributed by atoms with Crippen LogP contribution < -0.4 is 10.6 Å². The molecule has 2 N–H and O–H groups in total. The van der Waals surface area contributed by atoms with Crippen molar-refractivity contribution >= 4 is 29.9 Å². The van der Waals surface area contributed by atoms with Gasteiger partial charge in [0.25, 0.3) is 0 Å². The van der Waals surface area contributed by atoms with Crippen LogP contribution in [0.1, 0.15) is 44.2 Å². The third-order valence-electron chi connectivity index (χ3n) is 4.98. The van der Waals surface area contributed by atoms with Crippen molar-refractivity contribution in [2.24, 2.45) is 18.0 Å². The van der Waals surface area contributed by atoms with Gasteiger partial charge in [-0.1, -0.05) is 6.42 Å². The van der Waals surface area contributed by atoms with E-state index in [4.69, 9.17) is 0 Å². The van der Waals surface area contributed by atoms with Gasteiger partial charge in [0.05, 0.1) is 24.7 Å². The molecule has 1 aromatic rings. The van der Waals surface area contributed by atoms with E-state index in [0.29, 0.717) is 25.5 Å².